The van der Waals surface area contributed by atoms with Gasteiger partial charge in [-0.15, -0.1) is 0 Å². The van der Waals surface area contributed by atoms with Gasteiger partial charge in [0.1, 0.15) is 5.75 Å². The van der Waals surface area contributed by atoms with E-state index in [2.05, 4.69) is 5.32 Å². The Bertz CT molecular complexity index is 261. The van der Waals surface area contributed by atoms with Crippen LogP contribution < -0.4 is 15.8 Å². The van der Waals surface area contributed by atoms with Gasteiger partial charge in [0.15, 0.2) is 0 Å². The molecule has 78 valence electrons. The Morgan fingerprint density at radius 3 is 2.57 bits per heavy atom. The Morgan fingerprint density at radius 2 is 2.07 bits per heavy atom. The van der Waals surface area contributed by atoms with Crippen molar-refractivity contribution in [3.63, 3.8) is 0 Å². The van der Waals surface area contributed by atoms with E-state index in [0.717, 1.165) is 11.4 Å². The molecule has 1 aromatic carbocycles. The van der Waals surface area contributed by atoms with Crippen molar-refractivity contribution in [2.24, 2.45) is 5.73 Å². The van der Waals surface area contributed by atoms with E-state index in [0.29, 0.717) is 6.54 Å². The average molecular weight is 196 g/mol. The van der Waals surface area contributed by atoms with E-state index in [9.17, 15) is 5.11 Å². The third-order valence-electron chi connectivity index (χ3n) is 1.90. The number of ether oxygens (including phenoxy) is 1. The lowest BCUT2D eigenvalue weighted by atomic mass is 10.3. The Morgan fingerprint density at radius 1 is 1.43 bits per heavy atom. The molecule has 0 saturated carbocycles. The van der Waals surface area contributed by atoms with Crippen LogP contribution in [0.1, 0.15) is 0 Å². The molecule has 4 nitrogen and oxygen atoms in total. The van der Waals surface area contributed by atoms with Crippen LogP contribution in [0.3, 0.4) is 0 Å². The second-order valence-electron chi connectivity index (χ2n) is 3.00. The molecule has 0 fully saturated rings. The fourth-order valence-corrected chi connectivity index (χ4v) is 1.03. The molecule has 1 aromatic rings. The molecule has 0 saturated heterocycles. The van der Waals surface area contributed by atoms with Crippen LogP contribution >= 0.6 is 0 Å². The predicted molar refractivity (Wildman–Crippen MR) is 56.5 cm³/mol. The van der Waals surface area contributed by atoms with E-state index in [-0.39, 0.29) is 6.54 Å². The van der Waals surface area contributed by atoms with E-state index in [1.165, 1.54) is 0 Å². The normalized spacial score (nSPS) is 12.2. The SMILES string of the molecule is COc1ccc(NCC(O)CN)cc1. The topological polar surface area (TPSA) is 67.5 Å². The second-order valence-corrected chi connectivity index (χ2v) is 3.00. The maximum Gasteiger partial charge on any atom is 0.119 e. The molecule has 1 atom stereocenters. The highest BCUT2D eigenvalue weighted by molar-refractivity contribution is 5.46. The van der Waals surface area contributed by atoms with Gasteiger partial charge in [-0.25, -0.2) is 0 Å². The molecule has 0 bridgehead atoms. The number of rotatable bonds is 5. The monoisotopic (exact) mass is 196 g/mol. The summed E-state index contributed by atoms with van der Waals surface area (Å²) in [6, 6.07) is 7.50. The number of hydrogen-bond donors (Lipinski definition) is 3. The Labute approximate surface area is 83.7 Å². The minimum atomic E-state index is -0.503. The van der Waals surface area contributed by atoms with Crippen molar-refractivity contribution in [2.75, 3.05) is 25.5 Å². The van der Waals surface area contributed by atoms with Crippen molar-refractivity contribution in [2.45, 2.75) is 6.10 Å². The van der Waals surface area contributed by atoms with Gasteiger partial charge in [0, 0.05) is 18.8 Å². The number of aliphatic hydroxyl groups is 1. The van der Waals surface area contributed by atoms with Crippen LogP contribution in [-0.2, 0) is 0 Å². The van der Waals surface area contributed by atoms with Crippen LogP contribution in [0.25, 0.3) is 0 Å². The second kappa shape index (κ2) is 5.47. The van der Waals surface area contributed by atoms with Crippen LogP contribution in [0.2, 0.25) is 0 Å². The summed E-state index contributed by atoms with van der Waals surface area (Å²) in [6.07, 6.45) is -0.503. The lowest BCUT2D eigenvalue weighted by molar-refractivity contribution is 0.196. The summed E-state index contributed by atoms with van der Waals surface area (Å²) < 4.78 is 5.02. The van der Waals surface area contributed by atoms with Crippen molar-refractivity contribution in [3.05, 3.63) is 24.3 Å². The van der Waals surface area contributed by atoms with Crippen molar-refractivity contribution in [1.29, 1.82) is 0 Å². The Hall–Kier alpha value is -1.26. The molecule has 0 spiro atoms. The highest BCUT2D eigenvalue weighted by Gasteiger charge is 1.99. The Kier molecular flexibility index (Phi) is 4.22. The number of aliphatic hydroxyl groups excluding tert-OH is 1. The van der Waals surface area contributed by atoms with Gasteiger partial charge < -0.3 is 20.9 Å². The summed E-state index contributed by atoms with van der Waals surface area (Å²) in [6.45, 7) is 0.728. The lowest BCUT2D eigenvalue weighted by Gasteiger charge is -2.10. The van der Waals surface area contributed by atoms with Crippen LogP contribution in [0, 0.1) is 0 Å². The highest BCUT2D eigenvalue weighted by Crippen LogP contribution is 2.14. The third kappa shape index (κ3) is 3.24. The minimum absolute atomic E-state index is 0.267. The molecule has 1 rings (SSSR count). The number of benzene rings is 1. The molecule has 0 aromatic heterocycles. The van der Waals surface area contributed by atoms with E-state index < -0.39 is 6.10 Å². The fourth-order valence-electron chi connectivity index (χ4n) is 1.03. The standard InChI is InChI=1S/C10H16N2O2/c1-14-10-4-2-8(3-5-10)12-7-9(13)6-11/h2-5,9,12-13H,6-7,11H2,1H3. The molecular weight excluding hydrogens is 180 g/mol. The smallest absolute Gasteiger partial charge is 0.119 e. The van der Waals surface area contributed by atoms with Gasteiger partial charge in [-0.3, -0.25) is 0 Å². The number of hydrogen-bond acceptors (Lipinski definition) is 4. The molecule has 0 aliphatic rings. The zero-order valence-corrected chi connectivity index (χ0v) is 8.23. The van der Waals surface area contributed by atoms with Crippen LogP contribution in [-0.4, -0.2) is 31.4 Å². The summed E-state index contributed by atoms with van der Waals surface area (Å²) in [5.74, 6) is 0.815. The van der Waals surface area contributed by atoms with Crippen molar-refractivity contribution >= 4 is 5.69 Å². The van der Waals surface area contributed by atoms with Gasteiger partial charge >= 0.3 is 0 Å². The molecule has 0 aliphatic heterocycles. The zero-order valence-electron chi connectivity index (χ0n) is 8.23. The lowest BCUT2D eigenvalue weighted by Crippen LogP contribution is -2.27. The molecule has 14 heavy (non-hydrogen) atoms. The summed E-state index contributed by atoms with van der Waals surface area (Å²) in [4.78, 5) is 0. The average Bonchev–Trinajstić information content (AvgIpc) is 2.26. The maximum atomic E-state index is 9.21. The third-order valence-corrected chi connectivity index (χ3v) is 1.90. The number of nitrogens with one attached hydrogen (secondary N) is 1. The van der Waals surface area contributed by atoms with Gasteiger partial charge in [0.05, 0.1) is 13.2 Å². The Balaban J connectivity index is 2.43. The summed E-state index contributed by atoms with van der Waals surface area (Å²) >= 11 is 0. The van der Waals surface area contributed by atoms with Crippen LogP contribution in [0.15, 0.2) is 24.3 Å². The molecule has 4 N–H and O–H groups in total. The zero-order chi connectivity index (χ0) is 10.4. The molecular formula is C10H16N2O2. The van der Waals surface area contributed by atoms with Crippen LogP contribution in [0.5, 0.6) is 5.75 Å². The number of methoxy groups -OCH3 is 1. The summed E-state index contributed by atoms with van der Waals surface area (Å²) in [5, 5.41) is 12.3. The van der Waals surface area contributed by atoms with Gasteiger partial charge in [-0.05, 0) is 24.3 Å². The predicted octanol–water partition coefficient (Wildman–Crippen LogP) is 0.427. The molecule has 0 radical (unpaired) electrons. The minimum Gasteiger partial charge on any atom is -0.497 e. The number of anilines is 1. The van der Waals surface area contributed by atoms with E-state index in [1.807, 2.05) is 24.3 Å². The first kappa shape index (κ1) is 10.8. The first-order valence-corrected chi connectivity index (χ1v) is 4.52. The van der Waals surface area contributed by atoms with Crippen molar-refractivity contribution in [3.8, 4) is 5.75 Å². The maximum absolute atomic E-state index is 9.21. The van der Waals surface area contributed by atoms with Crippen molar-refractivity contribution < 1.29 is 9.84 Å². The van der Waals surface area contributed by atoms with E-state index in [1.54, 1.807) is 7.11 Å². The molecule has 4 heteroatoms. The highest BCUT2D eigenvalue weighted by atomic mass is 16.5. The molecule has 0 heterocycles. The van der Waals surface area contributed by atoms with Crippen LogP contribution in [0.4, 0.5) is 5.69 Å². The van der Waals surface area contributed by atoms with Gasteiger partial charge in [0.2, 0.25) is 0 Å². The quantitative estimate of drug-likeness (QED) is 0.638. The van der Waals surface area contributed by atoms with E-state index >= 15 is 0 Å². The van der Waals surface area contributed by atoms with Gasteiger partial charge in [-0.2, -0.15) is 0 Å². The van der Waals surface area contributed by atoms with Crippen molar-refractivity contribution in [1.82, 2.24) is 0 Å². The largest absolute Gasteiger partial charge is 0.497 e. The van der Waals surface area contributed by atoms with Gasteiger partial charge in [0.25, 0.3) is 0 Å². The first-order chi connectivity index (χ1) is 6.76. The summed E-state index contributed by atoms with van der Waals surface area (Å²) in [5.41, 5.74) is 6.21. The molecule has 1 unspecified atom stereocenters. The van der Waals surface area contributed by atoms with Gasteiger partial charge in [-0.1, -0.05) is 0 Å². The molecule has 0 amide bonds. The molecule has 0 aliphatic carbocycles. The number of nitrogens with two attached hydrogens (primary N) is 1. The summed E-state index contributed by atoms with van der Waals surface area (Å²) in [7, 11) is 1.63. The van der Waals surface area contributed by atoms with E-state index in [4.69, 9.17) is 10.5 Å². The first-order valence-electron chi connectivity index (χ1n) is 4.52. The fraction of sp³-hybridized carbons (Fsp3) is 0.400.